The number of aryl methyl sites for hydroxylation is 1. The van der Waals surface area contributed by atoms with Crippen LogP contribution in [0.3, 0.4) is 0 Å². The SMILES string of the molecule is Cn1cnc2c1CC(CN1CCC(F)(F)C1)N(Cc1cn[nH]c1)C2. The molecule has 1 unspecified atom stereocenters. The number of fused-ring (bicyclic) bond motifs is 1. The summed E-state index contributed by atoms with van der Waals surface area (Å²) in [4.78, 5) is 8.72. The molecule has 0 radical (unpaired) electrons. The molecule has 24 heavy (non-hydrogen) atoms. The fraction of sp³-hybridized carbons (Fsp3) is 0.625. The molecule has 4 rings (SSSR count). The summed E-state index contributed by atoms with van der Waals surface area (Å²) in [7, 11) is 2.00. The van der Waals surface area contributed by atoms with Gasteiger partial charge in [-0.2, -0.15) is 5.10 Å². The number of hydrogen-bond donors (Lipinski definition) is 1. The zero-order valence-corrected chi connectivity index (χ0v) is 13.8. The number of nitrogens with one attached hydrogen (secondary N) is 1. The molecule has 1 fully saturated rings. The van der Waals surface area contributed by atoms with Crippen molar-refractivity contribution in [3.05, 3.63) is 35.7 Å². The first-order chi connectivity index (χ1) is 11.5. The first-order valence-electron chi connectivity index (χ1n) is 8.31. The number of imidazole rings is 1. The van der Waals surface area contributed by atoms with Crippen LogP contribution in [0.1, 0.15) is 23.4 Å². The molecule has 1 N–H and O–H groups in total. The van der Waals surface area contributed by atoms with Crippen LogP contribution in [0.2, 0.25) is 0 Å². The van der Waals surface area contributed by atoms with E-state index >= 15 is 0 Å². The molecule has 8 heteroatoms. The zero-order chi connectivity index (χ0) is 16.7. The van der Waals surface area contributed by atoms with Crippen LogP contribution in [-0.2, 0) is 26.6 Å². The Balaban J connectivity index is 1.53. The molecule has 2 aromatic heterocycles. The predicted octanol–water partition coefficient (Wildman–Crippen LogP) is 1.41. The van der Waals surface area contributed by atoms with E-state index in [2.05, 4.69) is 24.6 Å². The van der Waals surface area contributed by atoms with Gasteiger partial charge in [0.05, 0.1) is 24.8 Å². The summed E-state index contributed by atoms with van der Waals surface area (Å²) in [5.74, 6) is -2.54. The Kier molecular flexibility index (Phi) is 3.88. The van der Waals surface area contributed by atoms with Crippen molar-refractivity contribution >= 4 is 0 Å². The van der Waals surface area contributed by atoms with Crippen molar-refractivity contribution in [2.75, 3.05) is 19.6 Å². The smallest absolute Gasteiger partial charge is 0.261 e. The van der Waals surface area contributed by atoms with Crippen molar-refractivity contribution in [2.45, 2.75) is 37.9 Å². The first kappa shape index (κ1) is 15.7. The van der Waals surface area contributed by atoms with E-state index in [0.29, 0.717) is 13.1 Å². The Hall–Kier alpha value is -1.80. The van der Waals surface area contributed by atoms with Crippen molar-refractivity contribution in [2.24, 2.45) is 7.05 Å². The van der Waals surface area contributed by atoms with Crippen LogP contribution in [0.5, 0.6) is 0 Å². The van der Waals surface area contributed by atoms with Crippen LogP contribution < -0.4 is 0 Å². The molecule has 130 valence electrons. The molecular formula is C16H22F2N6. The van der Waals surface area contributed by atoms with Crippen molar-refractivity contribution < 1.29 is 8.78 Å². The molecule has 6 nitrogen and oxygen atoms in total. The summed E-state index contributed by atoms with van der Waals surface area (Å²) in [6.45, 7) is 2.51. The second kappa shape index (κ2) is 5.93. The highest BCUT2D eigenvalue weighted by molar-refractivity contribution is 5.19. The minimum atomic E-state index is -2.54. The minimum absolute atomic E-state index is 0.0294. The van der Waals surface area contributed by atoms with Gasteiger partial charge in [0.2, 0.25) is 0 Å². The van der Waals surface area contributed by atoms with E-state index in [1.165, 1.54) is 5.69 Å². The van der Waals surface area contributed by atoms with Gasteiger partial charge in [0.15, 0.2) is 0 Å². The molecule has 0 saturated carbocycles. The van der Waals surface area contributed by atoms with E-state index < -0.39 is 5.92 Å². The number of halogens is 2. The lowest BCUT2D eigenvalue weighted by Crippen LogP contribution is -2.47. The van der Waals surface area contributed by atoms with E-state index in [1.807, 2.05) is 30.7 Å². The summed E-state index contributed by atoms with van der Waals surface area (Å²) >= 11 is 0. The normalized spacial score (nSPS) is 24.4. The van der Waals surface area contributed by atoms with Crippen LogP contribution in [-0.4, -0.2) is 61.1 Å². The third kappa shape index (κ3) is 3.08. The molecular weight excluding hydrogens is 314 g/mol. The summed E-state index contributed by atoms with van der Waals surface area (Å²) in [6.07, 6.45) is 6.35. The van der Waals surface area contributed by atoms with Crippen LogP contribution in [0, 0.1) is 0 Å². The fourth-order valence-electron chi connectivity index (χ4n) is 3.80. The molecule has 0 aliphatic carbocycles. The lowest BCUT2D eigenvalue weighted by molar-refractivity contribution is 0.00826. The third-order valence-corrected chi connectivity index (χ3v) is 5.10. The molecule has 0 aromatic carbocycles. The lowest BCUT2D eigenvalue weighted by atomic mass is 10.0. The predicted molar refractivity (Wildman–Crippen MR) is 84.5 cm³/mol. The maximum atomic E-state index is 13.5. The molecule has 0 bridgehead atoms. The van der Waals surface area contributed by atoms with Gasteiger partial charge in [-0.15, -0.1) is 0 Å². The fourth-order valence-corrected chi connectivity index (χ4v) is 3.80. The molecule has 0 amide bonds. The van der Waals surface area contributed by atoms with Crippen LogP contribution >= 0.6 is 0 Å². The third-order valence-electron chi connectivity index (χ3n) is 5.10. The standard InChI is InChI=1S/C16H22F2N6/c1-22-11-19-14-9-24(7-12-5-20-21-6-12)13(4-15(14)22)8-23-3-2-16(17,18)10-23/h5-6,11,13H,2-4,7-10H2,1H3,(H,20,21). The van der Waals surface area contributed by atoms with Crippen LogP contribution in [0.15, 0.2) is 18.7 Å². The van der Waals surface area contributed by atoms with Crippen molar-refractivity contribution in [3.63, 3.8) is 0 Å². The van der Waals surface area contributed by atoms with E-state index in [9.17, 15) is 8.78 Å². The number of rotatable bonds is 4. The molecule has 2 aliphatic rings. The number of alkyl halides is 2. The van der Waals surface area contributed by atoms with Gasteiger partial charge in [-0.3, -0.25) is 14.9 Å². The van der Waals surface area contributed by atoms with Gasteiger partial charge in [0, 0.05) is 69.6 Å². The van der Waals surface area contributed by atoms with Gasteiger partial charge in [-0.25, -0.2) is 13.8 Å². The molecule has 1 saturated heterocycles. The first-order valence-corrected chi connectivity index (χ1v) is 8.31. The Labute approximate surface area is 139 Å². The number of aromatic nitrogens is 4. The molecule has 0 spiro atoms. The monoisotopic (exact) mass is 336 g/mol. The highest BCUT2D eigenvalue weighted by Crippen LogP contribution is 2.29. The van der Waals surface area contributed by atoms with Gasteiger partial charge < -0.3 is 4.57 Å². The Morgan fingerprint density at radius 2 is 2.29 bits per heavy atom. The largest absolute Gasteiger partial charge is 0.337 e. The number of H-pyrrole nitrogens is 1. The van der Waals surface area contributed by atoms with Gasteiger partial charge in [0.25, 0.3) is 5.92 Å². The van der Waals surface area contributed by atoms with Crippen molar-refractivity contribution in [3.8, 4) is 0 Å². The summed E-state index contributed by atoms with van der Waals surface area (Å²) in [5.41, 5.74) is 3.41. The average Bonchev–Trinajstić information content (AvgIpc) is 3.23. The number of nitrogens with zero attached hydrogens (tertiary/aromatic N) is 5. The maximum absolute atomic E-state index is 13.5. The summed E-state index contributed by atoms with van der Waals surface area (Å²) in [6, 6.07) is 0.205. The van der Waals surface area contributed by atoms with Crippen LogP contribution in [0.25, 0.3) is 0 Å². The van der Waals surface area contributed by atoms with Gasteiger partial charge in [-0.05, 0) is 0 Å². The summed E-state index contributed by atoms with van der Waals surface area (Å²) in [5, 5.41) is 6.84. The second-order valence-corrected chi connectivity index (χ2v) is 6.96. The number of hydrogen-bond acceptors (Lipinski definition) is 4. The maximum Gasteiger partial charge on any atom is 0.261 e. The Bertz CT molecular complexity index is 695. The van der Waals surface area contributed by atoms with E-state index in [-0.39, 0.29) is 19.0 Å². The second-order valence-electron chi connectivity index (χ2n) is 6.96. The quantitative estimate of drug-likeness (QED) is 0.917. The van der Waals surface area contributed by atoms with Crippen LogP contribution in [0.4, 0.5) is 8.78 Å². The minimum Gasteiger partial charge on any atom is -0.337 e. The molecule has 2 aliphatic heterocycles. The molecule has 2 aromatic rings. The molecule has 4 heterocycles. The number of aromatic amines is 1. The van der Waals surface area contributed by atoms with Gasteiger partial charge in [0.1, 0.15) is 0 Å². The Morgan fingerprint density at radius 3 is 3.00 bits per heavy atom. The molecule has 1 atom stereocenters. The van der Waals surface area contributed by atoms with E-state index in [0.717, 1.165) is 30.8 Å². The Morgan fingerprint density at radius 1 is 1.42 bits per heavy atom. The van der Waals surface area contributed by atoms with Gasteiger partial charge in [-0.1, -0.05) is 0 Å². The highest BCUT2D eigenvalue weighted by atomic mass is 19.3. The van der Waals surface area contributed by atoms with E-state index in [1.54, 1.807) is 0 Å². The number of likely N-dealkylation sites (tertiary alicyclic amines) is 1. The average molecular weight is 336 g/mol. The highest BCUT2D eigenvalue weighted by Gasteiger charge is 2.40. The van der Waals surface area contributed by atoms with E-state index in [4.69, 9.17) is 0 Å². The zero-order valence-electron chi connectivity index (χ0n) is 13.8. The van der Waals surface area contributed by atoms with Gasteiger partial charge >= 0.3 is 0 Å². The summed E-state index contributed by atoms with van der Waals surface area (Å²) < 4.78 is 29.1. The van der Waals surface area contributed by atoms with Crippen molar-refractivity contribution in [1.82, 2.24) is 29.5 Å². The lowest BCUT2D eigenvalue weighted by Gasteiger charge is -2.37. The van der Waals surface area contributed by atoms with Crippen molar-refractivity contribution in [1.29, 1.82) is 0 Å². The topological polar surface area (TPSA) is 53.0 Å².